The molecule has 3 heteroatoms. The quantitative estimate of drug-likeness (QED) is 0.573. The molecule has 0 aromatic carbocycles. The molecule has 0 atom stereocenters. The van der Waals surface area contributed by atoms with Gasteiger partial charge in [0.05, 0.1) is 0 Å². The van der Waals surface area contributed by atoms with Crippen molar-refractivity contribution in [3.63, 3.8) is 0 Å². The summed E-state index contributed by atoms with van der Waals surface area (Å²) >= 11 is 0. The molecule has 0 aliphatic heterocycles. The van der Waals surface area contributed by atoms with Crippen LogP contribution >= 0.6 is 0 Å². The maximum Gasteiger partial charge on any atom is 0.412 e. The number of rotatable bonds is 4. The molecular weight excluding hydrogens is 165 g/mol. The summed E-state index contributed by atoms with van der Waals surface area (Å²) in [5, 5.41) is 0. The van der Waals surface area contributed by atoms with E-state index in [1.54, 1.807) is 6.08 Å². The fourth-order valence-corrected chi connectivity index (χ4v) is 0.684. The van der Waals surface area contributed by atoms with Gasteiger partial charge in [0.15, 0.2) is 0 Å². The van der Waals surface area contributed by atoms with Crippen molar-refractivity contribution < 1.29 is 13.2 Å². The Labute approximate surface area is 70.8 Å². The van der Waals surface area contributed by atoms with E-state index >= 15 is 0 Å². The lowest BCUT2D eigenvalue weighted by molar-refractivity contribution is -0.0934. The summed E-state index contributed by atoms with van der Waals surface area (Å²) in [5.41, 5.74) is -0.650. The lowest BCUT2D eigenvalue weighted by Gasteiger charge is -2.07. The van der Waals surface area contributed by atoms with Crippen LogP contribution in [-0.2, 0) is 0 Å². The van der Waals surface area contributed by atoms with E-state index in [1.807, 2.05) is 13.0 Å². The Kier molecular flexibility index (Phi) is 4.71. The molecule has 0 N–H and O–H groups in total. The first-order chi connectivity index (χ1) is 5.48. The largest absolute Gasteiger partial charge is 0.412 e. The monoisotopic (exact) mass is 178 g/mol. The van der Waals surface area contributed by atoms with Crippen molar-refractivity contribution in [3.05, 3.63) is 24.3 Å². The van der Waals surface area contributed by atoms with Crippen molar-refractivity contribution >= 4 is 0 Å². The maximum absolute atomic E-state index is 11.8. The Morgan fingerprint density at radius 3 is 2.33 bits per heavy atom. The zero-order valence-corrected chi connectivity index (χ0v) is 7.12. The molecule has 0 aliphatic carbocycles. The van der Waals surface area contributed by atoms with Gasteiger partial charge in [0.1, 0.15) is 0 Å². The van der Waals surface area contributed by atoms with Crippen LogP contribution in [0, 0.1) is 0 Å². The van der Waals surface area contributed by atoms with E-state index in [4.69, 9.17) is 0 Å². The van der Waals surface area contributed by atoms with Crippen LogP contribution in [0.4, 0.5) is 13.2 Å². The van der Waals surface area contributed by atoms with Gasteiger partial charge in [0, 0.05) is 5.57 Å². The fourth-order valence-electron chi connectivity index (χ4n) is 0.684. The van der Waals surface area contributed by atoms with Gasteiger partial charge in [0.25, 0.3) is 0 Å². The van der Waals surface area contributed by atoms with Crippen molar-refractivity contribution in [1.29, 1.82) is 0 Å². The Morgan fingerprint density at radius 1 is 1.33 bits per heavy atom. The minimum Gasteiger partial charge on any atom is -0.167 e. The van der Waals surface area contributed by atoms with Gasteiger partial charge in [0.2, 0.25) is 0 Å². The lowest BCUT2D eigenvalue weighted by Crippen LogP contribution is -2.10. The average Bonchev–Trinajstić information content (AvgIpc) is 1.96. The van der Waals surface area contributed by atoms with Gasteiger partial charge in [-0.25, -0.2) is 0 Å². The second-order valence-electron chi connectivity index (χ2n) is 2.52. The fraction of sp³-hybridized carbons (Fsp3) is 0.556. The van der Waals surface area contributed by atoms with Gasteiger partial charge in [-0.15, -0.1) is 0 Å². The summed E-state index contributed by atoms with van der Waals surface area (Å²) in [5.74, 6) is 0. The molecule has 0 fully saturated rings. The first-order valence-corrected chi connectivity index (χ1v) is 3.88. The molecule has 0 heterocycles. The Morgan fingerprint density at radius 2 is 1.92 bits per heavy atom. The number of allylic oxidation sites excluding steroid dienone is 3. The van der Waals surface area contributed by atoms with Crippen LogP contribution in [0.2, 0.25) is 0 Å². The summed E-state index contributed by atoms with van der Waals surface area (Å²) in [6.45, 7) is 4.90. The predicted octanol–water partition coefficient (Wildman–Crippen LogP) is 3.85. The third-order valence-electron chi connectivity index (χ3n) is 1.42. The SMILES string of the molecule is C=C(CC/C=C/CC)C(F)(F)F. The van der Waals surface area contributed by atoms with Crippen molar-refractivity contribution in [2.24, 2.45) is 0 Å². The second kappa shape index (κ2) is 5.01. The summed E-state index contributed by atoms with van der Waals surface area (Å²) < 4.78 is 35.5. The van der Waals surface area contributed by atoms with Crippen molar-refractivity contribution in [2.45, 2.75) is 32.4 Å². The van der Waals surface area contributed by atoms with Gasteiger partial charge in [-0.2, -0.15) is 13.2 Å². The summed E-state index contributed by atoms with van der Waals surface area (Å²) in [7, 11) is 0. The molecule has 0 saturated heterocycles. The standard InChI is InChI=1S/C9H13F3/c1-3-4-5-6-7-8(2)9(10,11)12/h4-5H,2-3,6-7H2,1H3/b5-4+. The molecule has 0 amide bonds. The highest BCUT2D eigenvalue weighted by Gasteiger charge is 2.30. The zero-order valence-electron chi connectivity index (χ0n) is 7.12. The highest BCUT2D eigenvalue weighted by molar-refractivity contribution is 5.03. The van der Waals surface area contributed by atoms with Crippen LogP contribution in [0.25, 0.3) is 0 Å². The van der Waals surface area contributed by atoms with E-state index < -0.39 is 11.7 Å². The summed E-state index contributed by atoms with van der Waals surface area (Å²) in [4.78, 5) is 0. The van der Waals surface area contributed by atoms with Crippen molar-refractivity contribution in [1.82, 2.24) is 0 Å². The molecule has 0 rings (SSSR count). The summed E-state index contributed by atoms with van der Waals surface area (Å²) in [6.07, 6.45) is 0.658. The molecular formula is C9H13F3. The van der Waals surface area contributed by atoms with Gasteiger partial charge < -0.3 is 0 Å². The first kappa shape index (κ1) is 11.3. The Bertz CT molecular complexity index is 165. The average molecular weight is 178 g/mol. The van der Waals surface area contributed by atoms with Crippen LogP contribution in [-0.4, -0.2) is 6.18 Å². The number of alkyl halides is 3. The van der Waals surface area contributed by atoms with Gasteiger partial charge in [-0.3, -0.25) is 0 Å². The molecule has 12 heavy (non-hydrogen) atoms. The molecule has 0 bridgehead atoms. The molecule has 0 unspecified atom stereocenters. The third-order valence-corrected chi connectivity index (χ3v) is 1.42. The molecule has 0 radical (unpaired) electrons. The maximum atomic E-state index is 11.8. The second-order valence-corrected chi connectivity index (χ2v) is 2.52. The van der Waals surface area contributed by atoms with E-state index in [1.165, 1.54) is 0 Å². The van der Waals surface area contributed by atoms with Gasteiger partial charge in [-0.1, -0.05) is 25.7 Å². The highest BCUT2D eigenvalue weighted by atomic mass is 19.4. The molecule has 0 aromatic heterocycles. The van der Waals surface area contributed by atoms with E-state index in [0.717, 1.165) is 6.42 Å². The lowest BCUT2D eigenvalue weighted by atomic mass is 10.1. The van der Waals surface area contributed by atoms with Crippen LogP contribution in [0.15, 0.2) is 24.3 Å². The van der Waals surface area contributed by atoms with Gasteiger partial charge >= 0.3 is 6.18 Å². The van der Waals surface area contributed by atoms with Crippen LogP contribution in [0.1, 0.15) is 26.2 Å². The van der Waals surface area contributed by atoms with Crippen LogP contribution < -0.4 is 0 Å². The minimum atomic E-state index is -4.22. The van der Waals surface area contributed by atoms with Gasteiger partial charge in [-0.05, 0) is 19.3 Å². The minimum absolute atomic E-state index is 0. The number of halogens is 3. The zero-order chi connectivity index (χ0) is 9.61. The number of hydrogen-bond donors (Lipinski definition) is 0. The molecule has 0 aliphatic rings. The first-order valence-electron chi connectivity index (χ1n) is 3.88. The molecule has 0 saturated carbocycles. The predicted molar refractivity (Wildman–Crippen MR) is 43.9 cm³/mol. The van der Waals surface area contributed by atoms with E-state index in [-0.39, 0.29) is 6.42 Å². The molecule has 0 spiro atoms. The molecule has 0 nitrogen and oxygen atoms in total. The number of hydrogen-bond acceptors (Lipinski definition) is 0. The van der Waals surface area contributed by atoms with Crippen LogP contribution in [0.3, 0.4) is 0 Å². The third kappa shape index (κ3) is 4.99. The topological polar surface area (TPSA) is 0 Å². The summed E-state index contributed by atoms with van der Waals surface area (Å²) in [6, 6.07) is 0. The smallest absolute Gasteiger partial charge is 0.167 e. The van der Waals surface area contributed by atoms with E-state index in [0.29, 0.717) is 6.42 Å². The molecule has 0 aromatic rings. The van der Waals surface area contributed by atoms with Crippen molar-refractivity contribution in [3.8, 4) is 0 Å². The normalized spacial score (nSPS) is 12.3. The van der Waals surface area contributed by atoms with E-state index in [2.05, 4.69) is 6.58 Å². The van der Waals surface area contributed by atoms with Crippen LogP contribution in [0.5, 0.6) is 0 Å². The highest BCUT2D eigenvalue weighted by Crippen LogP contribution is 2.27. The Hall–Kier alpha value is -0.730. The Balaban J connectivity index is 3.66. The van der Waals surface area contributed by atoms with Crippen molar-refractivity contribution in [2.75, 3.05) is 0 Å². The van der Waals surface area contributed by atoms with E-state index in [9.17, 15) is 13.2 Å². The molecule has 70 valence electrons.